The summed E-state index contributed by atoms with van der Waals surface area (Å²) in [6.45, 7) is 4.58. The first-order chi connectivity index (χ1) is 11.1. The number of aliphatic hydroxyl groups is 1. The lowest BCUT2D eigenvalue weighted by molar-refractivity contribution is -0.0668. The molecule has 0 spiro atoms. The summed E-state index contributed by atoms with van der Waals surface area (Å²) >= 11 is 0. The Morgan fingerprint density at radius 2 is 2.13 bits per heavy atom. The molecule has 23 heavy (non-hydrogen) atoms. The molecule has 1 amide bonds. The van der Waals surface area contributed by atoms with Gasteiger partial charge in [-0.05, 0) is 32.0 Å². The third-order valence-electron chi connectivity index (χ3n) is 4.08. The van der Waals surface area contributed by atoms with Crippen LogP contribution in [0.25, 0.3) is 5.69 Å². The molecule has 0 saturated carbocycles. The number of aliphatic hydroxyl groups excluding tert-OH is 1. The van der Waals surface area contributed by atoms with Crippen molar-refractivity contribution in [3.8, 4) is 5.69 Å². The second-order valence-electron chi connectivity index (χ2n) is 5.86. The van der Waals surface area contributed by atoms with Gasteiger partial charge >= 0.3 is 0 Å². The van der Waals surface area contributed by atoms with Gasteiger partial charge in [-0.1, -0.05) is 18.2 Å². The second kappa shape index (κ2) is 6.52. The molecule has 0 bridgehead atoms. The Kier molecular flexibility index (Phi) is 4.45. The lowest BCUT2D eigenvalue weighted by Crippen LogP contribution is -2.52. The molecule has 2 heterocycles. The molecule has 1 aromatic carbocycles. The van der Waals surface area contributed by atoms with Crippen LogP contribution in [0.1, 0.15) is 23.1 Å². The number of aromatic nitrogens is 2. The summed E-state index contributed by atoms with van der Waals surface area (Å²) in [5.41, 5.74) is 2.24. The third-order valence-corrected chi connectivity index (χ3v) is 4.08. The number of carbonyl (C=O) groups excluding carboxylic acids is 1. The summed E-state index contributed by atoms with van der Waals surface area (Å²) in [5.74, 6) is -0.128. The van der Waals surface area contributed by atoms with Crippen LogP contribution in [0.3, 0.4) is 0 Å². The zero-order valence-corrected chi connectivity index (χ0v) is 13.3. The lowest BCUT2D eigenvalue weighted by Gasteiger charge is -2.37. The molecule has 1 aliphatic rings. The van der Waals surface area contributed by atoms with Gasteiger partial charge in [0.05, 0.1) is 31.0 Å². The Hall–Kier alpha value is -2.18. The fourth-order valence-electron chi connectivity index (χ4n) is 2.77. The van der Waals surface area contributed by atoms with E-state index in [4.69, 9.17) is 4.74 Å². The standard InChI is InChI=1S/C17H21N3O3/c1-12-8-16(18-20(12)14-6-4-3-5-7-14)17(22)19-9-15(10-21)23-11-13(19)2/h3-8,13,15,21H,9-11H2,1-2H3. The lowest BCUT2D eigenvalue weighted by atomic mass is 10.2. The van der Waals surface area contributed by atoms with Crippen LogP contribution in [0.15, 0.2) is 36.4 Å². The van der Waals surface area contributed by atoms with E-state index in [2.05, 4.69) is 5.10 Å². The highest BCUT2D eigenvalue weighted by Crippen LogP contribution is 2.17. The molecule has 1 aromatic heterocycles. The van der Waals surface area contributed by atoms with Crippen molar-refractivity contribution in [2.24, 2.45) is 0 Å². The Morgan fingerprint density at radius 3 is 2.83 bits per heavy atom. The molecular weight excluding hydrogens is 294 g/mol. The van der Waals surface area contributed by atoms with Gasteiger partial charge in [0.15, 0.2) is 5.69 Å². The second-order valence-corrected chi connectivity index (χ2v) is 5.86. The van der Waals surface area contributed by atoms with Crippen molar-refractivity contribution in [1.29, 1.82) is 0 Å². The number of para-hydroxylation sites is 1. The fourth-order valence-corrected chi connectivity index (χ4v) is 2.77. The number of morpholine rings is 1. The van der Waals surface area contributed by atoms with Gasteiger partial charge in [-0.15, -0.1) is 0 Å². The van der Waals surface area contributed by atoms with Crippen molar-refractivity contribution in [3.05, 3.63) is 47.8 Å². The summed E-state index contributed by atoms with van der Waals surface area (Å²) in [6, 6.07) is 11.5. The summed E-state index contributed by atoms with van der Waals surface area (Å²) in [5, 5.41) is 13.7. The van der Waals surface area contributed by atoms with Gasteiger partial charge in [-0.3, -0.25) is 4.79 Å². The molecule has 1 saturated heterocycles. The molecule has 1 fully saturated rings. The van der Waals surface area contributed by atoms with Gasteiger partial charge in [0, 0.05) is 12.2 Å². The number of benzene rings is 1. The molecule has 3 rings (SSSR count). The first-order valence-electron chi connectivity index (χ1n) is 7.75. The van der Waals surface area contributed by atoms with Crippen LogP contribution in [0.2, 0.25) is 0 Å². The van der Waals surface area contributed by atoms with Gasteiger partial charge in [-0.2, -0.15) is 5.10 Å². The van der Waals surface area contributed by atoms with Gasteiger partial charge in [0.1, 0.15) is 0 Å². The van der Waals surface area contributed by atoms with E-state index >= 15 is 0 Å². The van der Waals surface area contributed by atoms with Crippen LogP contribution in [0, 0.1) is 6.92 Å². The van der Waals surface area contributed by atoms with Crippen molar-refractivity contribution in [2.45, 2.75) is 26.0 Å². The van der Waals surface area contributed by atoms with Crippen molar-refractivity contribution >= 4 is 5.91 Å². The van der Waals surface area contributed by atoms with E-state index < -0.39 is 0 Å². The normalized spacial score (nSPS) is 21.4. The fraction of sp³-hybridized carbons (Fsp3) is 0.412. The topological polar surface area (TPSA) is 67.6 Å². The maximum Gasteiger partial charge on any atom is 0.274 e. The van der Waals surface area contributed by atoms with Crippen molar-refractivity contribution in [2.75, 3.05) is 19.8 Å². The van der Waals surface area contributed by atoms with E-state index in [0.29, 0.717) is 18.8 Å². The van der Waals surface area contributed by atoms with Gasteiger partial charge in [-0.25, -0.2) is 4.68 Å². The van der Waals surface area contributed by atoms with Crippen LogP contribution in [0.4, 0.5) is 0 Å². The number of nitrogens with zero attached hydrogens (tertiary/aromatic N) is 3. The number of hydrogen-bond donors (Lipinski definition) is 1. The summed E-state index contributed by atoms with van der Waals surface area (Å²) in [6.07, 6.45) is -0.326. The molecule has 1 N–H and O–H groups in total. The molecule has 2 atom stereocenters. The zero-order chi connectivity index (χ0) is 16.4. The maximum atomic E-state index is 12.8. The SMILES string of the molecule is Cc1cc(C(=O)N2CC(CO)OCC2C)nn1-c1ccccc1. The first kappa shape index (κ1) is 15.7. The van der Waals surface area contributed by atoms with Crippen LogP contribution in [-0.4, -0.2) is 57.6 Å². The summed E-state index contributed by atoms with van der Waals surface area (Å²) < 4.78 is 7.25. The van der Waals surface area contributed by atoms with E-state index in [9.17, 15) is 9.90 Å². The van der Waals surface area contributed by atoms with Gasteiger partial charge in [0.2, 0.25) is 0 Å². The zero-order valence-electron chi connectivity index (χ0n) is 13.3. The minimum absolute atomic E-state index is 0.0347. The number of ether oxygens (including phenoxy) is 1. The van der Waals surface area contributed by atoms with Crippen molar-refractivity contribution in [1.82, 2.24) is 14.7 Å². The Bertz CT molecular complexity index is 684. The Labute approximate surface area is 135 Å². The average Bonchev–Trinajstić information content (AvgIpc) is 2.97. The number of carbonyl (C=O) groups is 1. The highest BCUT2D eigenvalue weighted by Gasteiger charge is 2.31. The molecule has 6 heteroatoms. The molecule has 6 nitrogen and oxygen atoms in total. The quantitative estimate of drug-likeness (QED) is 0.930. The molecular formula is C17H21N3O3. The number of aryl methyl sites for hydroxylation is 1. The van der Waals surface area contributed by atoms with Crippen LogP contribution in [0.5, 0.6) is 0 Å². The smallest absolute Gasteiger partial charge is 0.274 e. The Balaban J connectivity index is 1.86. The first-order valence-corrected chi connectivity index (χ1v) is 7.75. The largest absolute Gasteiger partial charge is 0.394 e. The van der Waals surface area contributed by atoms with Crippen LogP contribution < -0.4 is 0 Å². The third kappa shape index (κ3) is 3.13. The van der Waals surface area contributed by atoms with E-state index in [1.54, 1.807) is 15.6 Å². The number of amides is 1. The highest BCUT2D eigenvalue weighted by molar-refractivity contribution is 5.92. The molecule has 2 unspecified atom stereocenters. The van der Waals surface area contributed by atoms with Gasteiger partial charge in [0.25, 0.3) is 5.91 Å². The van der Waals surface area contributed by atoms with Crippen molar-refractivity contribution < 1.29 is 14.6 Å². The summed E-state index contributed by atoms with van der Waals surface area (Å²) in [4.78, 5) is 14.5. The van der Waals surface area contributed by atoms with Crippen LogP contribution >= 0.6 is 0 Å². The van der Waals surface area contributed by atoms with E-state index in [-0.39, 0.29) is 24.7 Å². The minimum atomic E-state index is -0.326. The molecule has 0 aliphatic carbocycles. The number of hydrogen-bond acceptors (Lipinski definition) is 4. The van der Waals surface area contributed by atoms with E-state index in [0.717, 1.165) is 11.4 Å². The van der Waals surface area contributed by atoms with Crippen molar-refractivity contribution in [3.63, 3.8) is 0 Å². The minimum Gasteiger partial charge on any atom is -0.394 e. The molecule has 2 aromatic rings. The molecule has 0 radical (unpaired) electrons. The monoisotopic (exact) mass is 315 g/mol. The van der Waals surface area contributed by atoms with Crippen LogP contribution in [-0.2, 0) is 4.74 Å². The highest BCUT2D eigenvalue weighted by atomic mass is 16.5. The van der Waals surface area contributed by atoms with E-state index in [1.165, 1.54) is 0 Å². The summed E-state index contributed by atoms with van der Waals surface area (Å²) in [7, 11) is 0. The predicted octanol–water partition coefficient (Wildman–Crippen LogP) is 1.40. The molecule has 122 valence electrons. The Morgan fingerprint density at radius 1 is 1.39 bits per heavy atom. The van der Waals surface area contributed by atoms with E-state index in [1.807, 2.05) is 44.2 Å². The molecule has 1 aliphatic heterocycles. The number of rotatable bonds is 3. The predicted molar refractivity (Wildman–Crippen MR) is 85.6 cm³/mol. The van der Waals surface area contributed by atoms with Gasteiger partial charge < -0.3 is 14.7 Å². The average molecular weight is 315 g/mol. The maximum absolute atomic E-state index is 12.8.